The number of aryl methyl sites for hydroxylation is 3. The predicted molar refractivity (Wildman–Crippen MR) is 79.3 cm³/mol. The Morgan fingerprint density at radius 1 is 1.15 bits per heavy atom. The van der Waals surface area contributed by atoms with Gasteiger partial charge < -0.3 is 5.11 Å². The Morgan fingerprint density at radius 2 is 1.80 bits per heavy atom. The maximum Gasteiger partial charge on any atom is 0.206 e. The SMILES string of the molecule is Cc1ccc(-n2nc(C(C)(C)O)c(=O)cc2C)c(C)c1. The van der Waals surface area contributed by atoms with Crippen LogP contribution in [0, 0.1) is 20.8 Å². The van der Waals surface area contributed by atoms with Crippen molar-refractivity contribution in [1.82, 2.24) is 9.78 Å². The van der Waals surface area contributed by atoms with Crippen molar-refractivity contribution >= 4 is 0 Å². The van der Waals surface area contributed by atoms with Crippen LogP contribution < -0.4 is 5.43 Å². The summed E-state index contributed by atoms with van der Waals surface area (Å²) in [7, 11) is 0. The van der Waals surface area contributed by atoms with Crippen LogP contribution in [-0.4, -0.2) is 14.9 Å². The monoisotopic (exact) mass is 272 g/mol. The molecule has 4 nitrogen and oxygen atoms in total. The van der Waals surface area contributed by atoms with Crippen molar-refractivity contribution < 1.29 is 5.11 Å². The van der Waals surface area contributed by atoms with Gasteiger partial charge in [0.1, 0.15) is 11.3 Å². The lowest BCUT2D eigenvalue weighted by atomic mass is 10.0. The van der Waals surface area contributed by atoms with E-state index in [1.54, 1.807) is 18.5 Å². The molecule has 0 saturated carbocycles. The second-order valence-corrected chi connectivity index (χ2v) is 5.76. The van der Waals surface area contributed by atoms with Crippen LogP contribution in [0.15, 0.2) is 29.1 Å². The molecular weight excluding hydrogens is 252 g/mol. The topological polar surface area (TPSA) is 55.1 Å². The van der Waals surface area contributed by atoms with E-state index in [9.17, 15) is 9.90 Å². The highest BCUT2D eigenvalue weighted by Gasteiger charge is 2.23. The lowest BCUT2D eigenvalue weighted by Crippen LogP contribution is -2.30. The molecule has 0 saturated heterocycles. The normalized spacial score (nSPS) is 11.7. The lowest BCUT2D eigenvalue weighted by Gasteiger charge is -2.19. The van der Waals surface area contributed by atoms with Gasteiger partial charge in [0.05, 0.1) is 5.69 Å². The molecule has 20 heavy (non-hydrogen) atoms. The van der Waals surface area contributed by atoms with Gasteiger partial charge in [0.25, 0.3) is 0 Å². The van der Waals surface area contributed by atoms with E-state index in [0.29, 0.717) is 0 Å². The van der Waals surface area contributed by atoms with E-state index >= 15 is 0 Å². The first-order chi connectivity index (χ1) is 9.20. The number of rotatable bonds is 2. The van der Waals surface area contributed by atoms with E-state index in [-0.39, 0.29) is 11.1 Å². The summed E-state index contributed by atoms with van der Waals surface area (Å²) >= 11 is 0. The summed E-state index contributed by atoms with van der Waals surface area (Å²) < 4.78 is 1.71. The van der Waals surface area contributed by atoms with Crippen LogP contribution >= 0.6 is 0 Å². The van der Waals surface area contributed by atoms with Crippen molar-refractivity contribution in [3.05, 3.63) is 57.0 Å². The Morgan fingerprint density at radius 3 is 2.35 bits per heavy atom. The highest BCUT2D eigenvalue weighted by Crippen LogP contribution is 2.18. The van der Waals surface area contributed by atoms with Gasteiger partial charge in [0.2, 0.25) is 5.43 Å². The molecule has 2 rings (SSSR count). The Hall–Kier alpha value is -1.94. The number of hydrogen-bond donors (Lipinski definition) is 1. The number of hydrogen-bond acceptors (Lipinski definition) is 3. The van der Waals surface area contributed by atoms with Crippen LogP contribution in [0.5, 0.6) is 0 Å². The van der Waals surface area contributed by atoms with Crippen molar-refractivity contribution in [2.24, 2.45) is 0 Å². The van der Waals surface area contributed by atoms with Crippen molar-refractivity contribution in [2.75, 3.05) is 0 Å². The molecule has 0 aliphatic carbocycles. The molecule has 0 aliphatic heterocycles. The van der Waals surface area contributed by atoms with Crippen molar-refractivity contribution in [1.29, 1.82) is 0 Å². The van der Waals surface area contributed by atoms with Gasteiger partial charge in [-0.2, -0.15) is 5.10 Å². The standard InChI is InChI=1S/C16H20N2O2/c1-10-6-7-13(11(2)8-10)18-12(3)9-14(19)15(17-18)16(4,5)20/h6-9,20H,1-5H3. The summed E-state index contributed by atoms with van der Waals surface area (Å²) in [5.41, 5.74) is 2.57. The maximum atomic E-state index is 12.0. The van der Waals surface area contributed by atoms with Crippen LogP contribution in [0.3, 0.4) is 0 Å². The van der Waals surface area contributed by atoms with Crippen LogP contribution in [0.4, 0.5) is 0 Å². The third-order valence-corrected chi connectivity index (χ3v) is 3.27. The minimum absolute atomic E-state index is 0.156. The molecule has 0 spiro atoms. The minimum Gasteiger partial charge on any atom is -0.384 e. The second kappa shape index (κ2) is 4.87. The number of benzene rings is 1. The summed E-state index contributed by atoms with van der Waals surface area (Å²) in [5.74, 6) is 0. The molecule has 4 heteroatoms. The molecule has 1 N–H and O–H groups in total. The van der Waals surface area contributed by atoms with E-state index in [1.807, 2.05) is 32.9 Å². The summed E-state index contributed by atoms with van der Waals surface area (Å²) in [5, 5.41) is 14.4. The van der Waals surface area contributed by atoms with Crippen LogP contribution in [0.1, 0.15) is 36.4 Å². The molecule has 1 aromatic heterocycles. The zero-order valence-electron chi connectivity index (χ0n) is 12.6. The molecule has 0 bridgehead atoms. The van der Waals surface area contributed by atoms with Crippen molar-refractivity contribution in [3.8, 4) is 5.69 Å². The van der Waals surface area contributed by atoms with Crippen LogP contribution in [0.25, 0.3) is 5.69 Å². The summed E-state index contributed by atoms with van der Waals surface area (Å²) in [4.78, 5) is 12.0. The summed E-state index contributed by atoms with van der Waals surface area (Å²) in [6.45, 7) is 9.01. The highest BCUT2D eigenvalue weighted by molar-refractivity contribution is 5.43. The van der Waals surface area contributed by atoms with Gasteiger partial charge in [0, 0.05) is 11.8 Å². The second-order valence-electron chi connectivity index (χ2n) is 5.76. The van der Waals surface area contributed by atoms with Crippen molar-refractivity contribution in [3.63, 3.8) is 0 Å². The van der Waals surface area contributed by atoms with Crippen LogP contribution in [0.2, 0.25) is 0 Å². The number of aromatic nitrogens is 2. The number of nitrogens with zero attached hydrogens (tertiary/aromatic N) is 2. The molecule has 106 valence electrons. The van der Waals surface area contributed by atoms with Gasteiger partial charge in [0.15, 0.2) is 0 Å². The molecule has 1 heterocycles. The molecule has 0 radical (unpaired) electrons. The molecule has 1 aromatic carbocycles. The average molecular weight is 272 g/mol. The van der Waals surface area contributed by atoms with E-state index < -0.39 is 5.60 Å². The first kappa shape index (κ1) is 14.5. The number of aliphatic hydroxyl groups is 1. The third kappa shape index (κ3) is 2.65. The van der Waals surface area contributed by atoms with Gasteiger partial charge in [-0.15, -0.1) is 0 Å². The molecule has 0 atom stereocenters. The zero-order chi connectivity index (χ0) is 15.1. The zero-order valence-corrected chi connectivity index (χ0v) is 12.6. The Bertz CT molecular complexity index is 709. The van der Waals surface area contributed by atoms with E-state index in [2.05, 4.69) is 11.2 Å². The smallest absolute Gasteiger partial charge is 0.206 e. The van der Waals surface area contributed by atoms with Gasteiger partial charge in [-0.3, -0.25) is 4.79 Å². The summed E-state index contributed by atoms with van der Waals surface area (Å²) in [6, 6.07) is 7.56. The molecule has 0 unspecified atom stereocenters. The highest BCUT2D eigenvalue weighted by atomic mass is 16.3. The first-order valence-corrected chi connectivity index (χ1v) is 6.61. The Kier molecular flexibility index (Phi) is 3.52. The Labute approximate surface area is 118 Å². The van der Waals surface area contributed by atoms with E-state index in [0.717, 1.165) is 16.9 Å². The summed E-state index contributed by atoms with van der Waals surface area (Å²) in [6.07, 6.45) is 0. The Balaban J connectivity index is 2.72. The molecule has 2 aromatic rings. The van der Waals surface area contributed by atoms with Gasteiger partial charge in [-0.1, -0.05) is 17.7 Å². The van der Waals surface area contributed by atoms with Gasteiger partial charge in [-0.05, 0) is 46.2 Å². The average Bonchev–Trinajstić information content (AvgIpc) is 2.28. The molecule has 0 aliphatic rings. The predicted octanol–water partition coefficient (Wildman–Crippen LogP) is 2.39. The first-order valence-electron chi connectivity index (χ1n) is 6.61. The lowest BCUT2D eigenvalue weighted by molar-refractivity contribution is 0.0709. The molecule has 0 fully saturated rings. The fraction of sp³-hybridized carbons (Fsp3) is 0.375. The van der Waals surface area contributed by atoms with E-state index in [1.165, 1.54) is 11.6 Å². The maximum absolute atomic E-state index is 12.0. The largest absolute Gasteiger partial charge is 0.384 e. The third-order valence-electron chi connectivity index (χ3n) is 3.27. The van der Waals surface area contributed by atoms with E-state index in [4.69, 9.17) is 0 Å². The fourth-order valence-electron chi connectivity index (χ4n) is 2.26. The molecule has 0 amide bonds. The quantitative estimate of drug-likeness (QED) is 0.913. The molecular formula is C16H20N2O2. The van der Waals surface area contributed by atoms with Crippen molar-refractivity contribution in [2.45, 2.75) is 40.2 Å². The van der Waals surface area contributed by atoms with Gasteiger partial charge >= 0.3 is 0 Å². The fourth-order valence-corrected chi connectivity index (χ4v) is 2.26. The van der Waals surface area contributed by atoms with Crippen LogP contribution in [-0.2, 0) is 5.60 Å². The minimum atomic E-state index is -1.26. The van der Waals surface area contributed by atoms with Gasteiger partial charge in [-0.25, -0.2) is 4.68 Å².